The van der Waals surface area contributed by atoms with Gasteiger partial charge in [-0.15, -0.1) is 0 Å². The lowest BCUT2D eigenvalue weighted by molar-refractivity contribution is -0.136. The smallest absolute Gasteiger partial charge is 0.253 e. The first-order chi connectivity index (χ1) is 19.8. The molecule has 214 valence electrons. The molecule has 0 unspecified atom stereocenters. The number of unbranched alkanes of at least 4 members (excludes halogenated alkanes) is 1. The van der Waals surface area contributed by atoms with E-state index in [4.69, 9.17) is 0 Å². The van der Waals surface area contributed by atoms with Gasteiger partial charge in [0.1, 0.15) is 12.1 Å². The minimum Gasteiger partial charge on any atom is -0.339 e. The second-order valence-corrected chi connectivity index (χ2v) is 11.4. The summed E-state index contributed by atoms with van der Waals surface area (Å²) in [5, 5.41) is 2.95. The SMILES string of the molecule is CCCCc1ccc(C(=O)N2CCC3(CC2)C(=O)N(CC(=O)Nc2ccc(C)c(C)c2)CN3c2ccccc2)cc1. The molecule has 3 aromatic carbocycles. The first-order valence-corrected chi connectivity index (χ1v) is 14.7. The lowest BCUT2D eigenvalue weighted by Gasteiger charge is -2.43. The van der Waals surface area contributed by atoms with E-state index in [1.807, 2.05) is 91.5 Å². The maximum Gasteiger partial charge on any atom is 0.253 e. The molecule has 3 amide bonds. The zero-order valence-electron chi connectivity index (χ0n) is 24.4. The number of amides is 3. The lowest BCUT2D eigenvalue weighted by Crippen LogP contribution is -2.57. The van der Waals surface area contributed by atoms with E-state index >= 15 is 0 Å². The van der Waals surface area contributed by atoms with Crippen molar-refractivity contribution in [3.8, 4) is 0 Å². The molecule has 0 radical (unpaired) electrons. The molecule has 0 aromatic heterocycles. The number of carbonyl (C=O) groups excluding carboxylic acids is 3. The third kappa shape index (κ3) is 5.99. The van der Waals surface area contributed by atoms with Crippen LogP contribution in [-0.4, -0.2) is 59.4 Å². The summed E-state index contributed by atoms with van der Waals surface area (Å²) in [7, 11) is 0. The van der Waals surface area contributed by atoms with Gasteiger partial charge in [-0.2, -0.15) is 0 Å². The predicted molar refractivity (Wildman–Crippen MR) is 163 cm³/mol. The van der Waals surface area contributed by atoms with Gasteiger partial charge in [-0.05, 0) is 92.6 Å². The van der Waals surface area contributed by atoms with E-state index in [2.05, 4.69) is 17.1 Å². The van der Waals surface area contributed by atoms with Crippen LogP contribution in [0.25, 0.3) is 0 Å². The highest BCUT2D eigenvalue weighted by Gasteiger charge is 2.54. The normalized spacial score (nSPS) is 16.4. The molecule has 7 nitrogen and oxygen atoms in total. The third-order valence-corrected chi connectivity index (χ3v) is 8.60. The minimum atomic E-state index is -0.789. The van der Waals surface area contributed by atoms with E-state index in [0.29, 0.717) is 38.2 Å². The Morgan fingerprint density at radius 1 is 0.902 bits per heavy atom. The van der Waals surface area contributed by atoms with Crippen molar-refractivity contribution >= 4 is 29.1 Å². The molecule has 0 saturated carbocycles. The number of anilines is 2. The van der Waals surface area contributed by atoms with E-state index in [1.54, 1.807) is 4.90 Å². The molecular weight excluding hydrogens is 512 g/mol. The Balaban J connectivity index is 1.29. The minimum absolute atomic E-state index is 0.00298. The Kier molecular flexibility index (Phi) is 8.43. The average molecular weight is 553 g/mol. The van der Waals surface area contributed by atoms with E-state index < -0.39 is 5.54 Å². The van der Waals surface area contributed by atoms with E-state index in [1.165, 1.54) is 5.56 Å². The number of nitrogens with zero attached hydrogens (tertiary/aromatic N) is 3. The van der Waals surface area contributed by atoms with Crippen LogP contribution in [0.5, 0.6) is 0 Å². The summed E-state index contributed by atoms with van der Waals surface area (Å²) in [5.41, 5.74) is 5.07. The number of nitrogens with one attached hydrogen (secondary N) is 1. The van der Waals surface area contributed by atoms with Crippen molar-refractivity contribution in [1.82, 2.24) is 9.80 Å². The highest BCUT2D eigenvalue weighted by Crippen LogP contribution is 2.39. The summed E-state index contributed by atoms with van der Waals surface area (Å²) in [6.07, 6.45) is 4.32. The van der Waals surface area contributed by atoms with Gasteiger partial charge in [-0.1, -0.05) is 49.7 Å². The van der Waals surface area contributed by atoms with E-state index in [0.717, 1.165) is 41.8 Å². The fourth-order valence-electron chi connectivity index (χ4n) is 5.97. The van der Waals surface area contributed by atoms with Crippen LogP contribution in [0, 0.1) is 13.8 Å². The molecule has 0 bridgehead atoms. The monoisotopic (exact) mass is 552 g/mol. The molecule has 2 saturated heterocycles. The van der Waals surface area contributed by atoms with E-state index in [-0.39, 0.29) is 24.3 Å². The summed E-state index contributed by atoms with van der Waals surface area (Å²) < 4.78 is 0. The molecule has 2 heterocycles. The van der Waals surface area contributed by atoms with Gasteiger partial charge >= 0.3 is 0 Å². The Morgan fingerprint density at radius 2 is 1.61 bits per heavy atom. The quantitative estimate of drug-likeness (QED) is 0.397. The van der Waals surface area contributed by atoms with Gasteiger partial charge < -0.3 is 20.0 Å². The van der Waals surface area contributed by atoms with Crippen molar-refractivity contribution in [2.24, 2.45) is 0 Å². The third-order valence-electron chi connectivity index (χ3n) is 8.60. The van der Waals surface area contributed by atoms with Crippen LogP contribution < -0.4 is 10.2 Å². The van der Waals surface area contributed by atoms with Gasteiger partial charge in [0.15, 0.2) is 0 Å². The largest absolute Gasteiger partial charge is 0.339 e. The predicted octanol–water partition coefficient (Wildman–Crippen LogP) is 5.57. The van der Waals surface area contributed by atoms with Crippen LogP contribution in [-0.2, 0) is 16.0 Å². The van der Waals surface area contributed by atoms with Crippen molar-refractivity contribution in [3.05, 3.63) is 95.1 Å². The first-order valence-electron chi connectivity index (χ1n) is 14.7. The van der Waals surface area contributed by atoms with Crippen LogP contribution in [0.1, 0.15) is 59.7 Å². The number of likely N-dealkylation sites (tertiary alicyclic amines) is 1. The number of carbonyl (C=O) groups is 3. The van der Waals surface area contributed by atoms with Crippen LogP contribution in [0.4, 0.5) is 11.4 Å². The Bertz CT molecular complexity index is 1400. The summed E-state index contributed by atoms with van der Waals surface area (Å²) in [5.74, 6) is -0.270. The molecule has 41 heavy (non-hydrogen) atoms. The standard InChI is InChI=1S/C34H40N4O3/c1-4-5-9-27-13-15-28(16-14-27)32(40)36-20-18-34(19-21-36)33(41)37(24-38(34)30-10-7-6-8-11-30)23-31(39)35-29-17-12-25(2)26(3)22-29/h6-8,10-17,22H,4-5,9,18-21,23-24H2,1-3H3,(H,35,39). The molecule has 2 fully saturated rings. The Labute approximate surface area is 243 Å². The zero-order valence-corrected chi connectivity index (χ0v) is 24.4. The van der Waals surface area contributed by atoms with Gasteiger partial charge in [0.25, 0.3) is 11.8 Å². The topological polar surface area (TPSA) is 73.0 Å². The number of rotatable bonds is 8. The van der Waals surface area contributed by atoms with Gasteiger partial charge in [-0.3, -0.25) is 14.4 Å². The molecule has 1 N–H and O–H groups in total. The second kappa shape index (κ2) is 12.2. The van der Waals surface area contributed by atoms with Crippen molar-refractivity contribution < 1.29 is 14.4 Å². The molecule has 5 rings (SSSR count). The summed E-state index contributed by atoms with van der Waals surface area (Å²) in [6.45, 7) is 7.48. The summed E-state index contributed by atoms with van der Waals surface area (Å²) in [6, 6.07) is 23.6. The van der Waals surface area contributed by atoms with Gasteiger partial charge in [0.2, 0.25) is 5.91 Å². The molecule has 2 aliphatic rings. The molecular formula is C34H40N4O3. The number of hydrogen-bond acceptors (Lipinski definition) is 4. The van der Waals surface area contributed by atoms with Crippen molar-refractivity contribution in [3.63, 3.8) is 0 Å². The fraction of sp³-hybridized carbons (Fsp3) is 0.382. The number of para-hydroxylation sites is 1. The van der Waals surface area contributed by atoms with Crippen molar-refractivity contribution in [1.29, 1.82) is 0 Å². The van der Waals surface area contributed by atoms with Crippen molar-refractivity contribution in [2.75, 3.05) is 36.5 Å². The first kappa shape index (κ1) is 28.4. The van der Waals surface area contributed by atoms with E-state index in [9.17, 15) is 14.4 Å². The maximum atomic E-state index is 14.0. The lowest BCUT2D eigenvalue weighted by atomic mass is 9.85. The molecule has 0 atom stereocenters. The maximum absolute atomic E-state index is 14.0. The number of aryl methyl sites for hydroxylation is 3. The van der Waals surface area contributed by atoms with Crippen LogP contribution in [0.3, 0.4) is 0 Å². The second-order valence-electron chi connectivity index (χ2n) is 11.4. The van der Waals surface area contributed by atoms with Crippen molar-refractivity contribution in [2.45, 2.75) is 58.4 Å². The highest BCUT2D eigenvalue weighted by molar-refractivity contribution is 6.00. The van der Waals surface area contributed by atoms with Crippen LogP contribution >= 0.6 is 0 Å². The average Bonchev–Trinajstić information content (AvgIpc) is 3.24. The summed E-state index contributed by atoms with van der Waals surface area (Å²) in [4.78, 5) is 46.0. The summed E-state index contributed by atoms with van der Waals surface area (Å²) >= 11 is 0. The molecule has 0 aliphatic carbocycles. The number of piperidine rings is 1. The zero-order chi connectivity index (χ0) is 29.0. The highest BCUT2D eigenvalue weighted by atomic mass is 16.2. The molecule has 1 spiro atoms. The molecule has 3 aromatic rings. The molecule has 2 aliphatic heterocycles. The Morgan fingerprint density at radius 3 is 2.27 bits per heavy atom. The number of benzene rings is 3. The number of hydrogen-bond donors (Lipinski definition) is 1. The Hall–Kier alpha value is -4.13. The van der Waals surface area contributed by atoms with Gasteiger partial charge in [0.05, 0.1) is 6.67 Å². The van der Waals surface area contributed by atoms with Crippen LogP contribution in [0.15, 0.2) is 72.8 Å². The van der Waals surface area contributed by atoms with Gasteiger partial charge in [-0.25, -0.2) is 0 Å². The van der Waals surface area contributed by atoms with Crippen LogP contribution in [0.2, 0.25) is 0 Å². The molecule has 7 heteroatoms. The fourth-order valence-corrected chi connectivity index (χ4v) is 5.97. The van der Waals surface area contributed by atoms with Gasteiger partial charge in [0, 0.05) is 30.0 Å².